The summed E-state index contributed by atoms with van der Waals surface area (Å²) in [5.41, 5.74) is 0.997. The number of benzene rings is 1. The lowest BCUT2D eigenvalue weighted by atomic mass is 10.2. The van der Waals surface area contributed by atoms with Gasteiger partial charge in [0.2, 0.25) is 0 Å². The van der Waals surface area contributed by atoms with Gasteiger partial charge in [0, 0.05) is 23.8 Å². The molecule has 2 N–H and O–H groups in total. The number of hydrogen-bond acceptors (Lipinski definition) is 5. The lowest BCUT2D eigenvalue weighted by Gasteiger charge is -1.98. The van der Waals surface area contributed by atoms with Crippen molar-refractivity contribution in [2.24, 2.45) is 5.10 Å². The van der Waals surface area contributed by atoms with E-state index in [2.05, 4.69) is 20.1 Å². The zero-order valence-electron chi connectivity index (χ0n) is 13.2. The molecule has 3 heterocycles. The number of nitrogens with zero attached hydrogens (tertiary/aromatic N) is 3. The number of methoxy groups -OCH3 is 1. The Kier molecular flexibility index (Phi) is 3.42. The average molecular weight is 335 g/mol. The van der Waals surface area contributed by atoms with Crippen molar-refractivity contribution in [2.75, 3.05) is 7.11 Å². The highest BCUT2D eigenvalue weighted by molar-refractivity contribution is 6.04. The van der Waals surface area contributed by atoms with Crippen molar-refractivity contribution < 1.29 is 4.74 Å². The molecule has 0 fully saturated rings. The fraction of sp³-hybridized carbons (Fsp3) is 0.0588. The summed E-state index contributed by atoms with van der Waals surface area (Å²) in [6.07, 6.45) is 4.63. The van der Waals surface area contributed by atoms with Crippen LogP contribution in [-0.2, 0) is 0 Å². The molecule has 0 aliphatic rings. The first-order valence-electron chi connectivity index (χ1n) is 7.46. The third kappa shape index (κ3) is 2.49. The van der Waals surface area contributed by atoms with Crippen molar-refractivity contribution in [3.05, 3.63) is 69.1 Å². The van der Waals surface area contributed by atoms with Gasteiger partial charge in [0.05, 0.1) is 24.4 Å². The maximum absolute atomic E-state index is 12.6. The van der Waals surface area contributed by atoms with Gasteiger partial charge in [-0.1, -0.05) is 0 Å². The Morgan fingerprint density at radius 1 is 1.12 bits per heavy atom. The highest BCUT2D eigenvalue weighted by Gasteiger charge is 2.13. The summed E-state index contributed by atoms with van der Waals surface area (Å²) in [6.45, 7) is 0. The number of fused-ring (bicyclic) bond motifs is 3. The van der Waals surface area contributed by atoms with Gasteiger partial charge in [-0.2, -0.15) is 5.10 Å². The van der Waals surface area contributed by atoms with Crippen LogP contribution in [0, 0.1) is 0 Å². The number of aromatic nitrogens is 4. The molecular formula is C17H13N5O3. The molecular weight excluding hydrogens is 322 g/mol. The summed E-state index contributed by atoms with van der Waals surface area (Å²) in [7, 11) is 1.56. The van der Waals surface area contributed by atoms with E-state index in [1.807, 2.05) is 0 Å². The van der Waals surface area contributed by atoms with Gasteiger partial charge in [-0.15, -0.1) is 4.68 Å². The SMILES string of the molecule is COc1ccc2c(c1)[nH]c1c(=O)n(/N=C/c3ccncc3)c(=O)[nH]c12. The minimum Gasteiger partial charge on any atom is -0.497 e. The van der Waals surface area contributed by atoms with Crippen molar-refractivity contribution in [1.82, 2.24) is 19.6 Å². The van der Waals surface area contributed by atoms with E-state index in [1.165, 1.54) is 6.21 Å². The molecule has 0 amide bonds. The van der Waals surface area contributed by atoms with Gasteiger partial charge in [0.1, 0.15) is 11.3 Å². The summed E-state index contributed by atoms with van der Waals surface area (Å²) in [6, 6.07) is 8.75. The molecule has 1 aromatic carbocycles. The Hall–Kier alpha value is -3.68. The lowest BCUT2D eigenvalue weighted by Crippen LogP contribution is -2.32. The van der Waals surface area contributed by atoms with Gasteiger partial charge in [0.25, 0.3) is 0 Å². The molecule has 0 saturated carbocycles. The van der Waals surface area contributed by atoms with E-state index in [0.717, 1.165) is 15.6 Å². The first-order chi connectivity index (χ1) is 12.2. The molecule has 0 atom stereocenters. The van der Waals surface area contributed by atoms with Crippen molar-refractivity contribution in [3.63, 3.8) is 0 Å². The minimum atomic E-state index is -0.612. The summed E-state index contributed by atoms with van der Waals surface area (Å²) in [5.74, 6) is 0.650. The van der Waals surface area contributed by atoms with Crippen LogP contribution in [0.15, 0.2) is 57.4 Å². The first kappa shape index (κ1) is 14.9. The standard InChI is InChI=1S/C17H13N5O3/c1-25-11-2-3-12-13(8-11)20-15-14(12)21-17(24)22(16(15)23)19-9-10-4-6-18-7-5-10/h2-9,20H,1H3,(H,21,24)/b19-9+. The molecule has 0 bridgehead atoms. The normalized spacial score (nSPS) is 11.6. The van der Waals surface area contributed by atoms with E-state index in [0.29, 0.717) is 16.8 Å². The first-order valence-corrected chi connectivity index (χ1v) is 7.46. The Labute approximate surface area is 140 Å². The second-order valence-corrected chi connectivity index (χ2v) is 5.36. The smallest absolute Gasteiger partial charge is 0.350 e. The van der Waals surface area contributed by atoms with Gasteiger partial charge in [-0.05, 0) is 29.8 Å². The highest BCUT2D eigenvalue weighted by Crippen LogP contribution is 2.24. The van der Waals surface area contributed by atoms with Gasteiger partial charge in [0.15, 0.2) is 0 Å². The van der Waals surface area contributed by atoms with Crippen molar-refractivity contribution in [3.8, 4) is 5.75 Å². The number of rotatable bonds is 3. The van der Waals surface area contributed by atoms with E-state index < -0.39 is 11.2 Å². The summed E-state index contributed by atoms with van der Waals surface area (Å²) < 4.78 is 5.97. The zero-order valence-corrected chi connectivity index (χ0v) is 13.2. The number of ether oxygens (including phenoxy) is 1. The fourth-order valence-electron chi connectivity index (χ4n) is 2.63. The molecule has 0 saturated heterocycles. The molecule has 8 heteroatoms. The highest BCUT2D eigenvalue weighted by atomic mass is 16.5. The number of nitrogens with one attached hydrogen (secondary N) is 2. The predicted octanol–water partition coefficient (Wildman–Crippen LogP) is 1.46. The maximum atomic E-state index is 12.6. The molecule has 0 aliphatic carbocycles. The topological polar surface area (TPSA) is 105 Å². The van der Waals surface area contributed by atoms with Crippen LogP contribution in [0.25, 0.3) is 21.9 Å². The van der Waals surface area contributed by atoms with E-state index in [4.69, 9.17) is 4.74 Å². The lowest BCUT2D eigenvalue weighted by molar-refractivity contribution is 0.415. The summed E-state index contributed by atoms with van der Waals surface area (Å²) >= 11 is 0. The van der Waals surface area contributed by atoms with Crippen LogP contribution < -0.4 is 16.0 Å². The van der Waals surface area contributed by atoms with Crippen molar-refractivity contribution in [1.29, 1.82) is 0 Å². The molecule has 124 valence electrons. The number of pyridine rings is 1. The quantitative estimate of drug-likeness (QED) is 0.553. The van der Waals surface area contributed by atoms with Crippen LogP contribution >= 0.6 is 0 Å². The molecule has 0 aliphatic heterocycles. The summed E-state index contributed by atoms with van der Waals surface area (Å²) in [4.78, 5) is 34.6. The van der Waals surface area contributed by atoms with Crippen LogP contribution in [-0.4, -0.2) is 33.0 Å². The second-order valence-electron chi connectivity index (χ2n) is 5.36. The van der Waals surface area contributed by atoms with Crippen molar-refractivity contribution >= 4 is 28.2 Å². The molecule has 25 heavy (non-hydrogen) atoms. The Morgan fingerprint density at radius 2 is 1.92 bits per heavy atom. The van der Waals surface area contributed by atoms with Gasteiger partial charge in [-0.3, -0.25) is 9.78 Å². The van der Waals surface area contributed by atoms with Crippen molar-refractivity contribution in [2.45, 2.75) is 0 Å². The van der Waals surface area contributed by atoms with Gasteiger partial charge in [-0.25, -0.2) is 4.79 Å². The Bertz CT molecular complexity index is 1220. The fourth-order valence-corrected chi connectivity index (χ4v) is 2.63. The van der Waals surface area contributed by atoms with Gasteiger partial charge < -0.3 is 14.7 Å². The molecule has 0 unspecified atom stereocenters. The Morgan fingerprint density at radius 3 is 2.68 bits per heavy atom. The second kappa shape index (κ2) is 5.75. The number of hydrogen-bond donors (Lipinski definition) is 2. The third-order valence-corrected chi connectivity index (χ3v) is 3.86. The van der Waals surface area contributed by atoms with E-state index in [-0.39, 0.29) is 5.52 Å². The van der Waals surface area contributed by atoms with E-state index in [9.17, 15) is 9.59 Å². The van der Waals surface area contributed by atoms with Gasteiger partial charge >= 0.3 is 11.2 Å². The van der Waals surface area contributed by atoms with Crippen LogP contribution in [0.4, 0.5) is 0 Å². The molecule has 0 spiro atoms. The molecule has 3 aromatic heterocycles. The van der Waals surface area contributed by atoms with Crippen LogP contribution in [0.5, 0.6) is 5.75 Å². The van der Waals surface area contributed by atoms with E-state index >= 15 is 0 Å². The number of H-pyrrole nitrogens is 2. The Balaban J connectivity index is 1.92. The molecule has 4 aromatic rings. The zero-order chi connectivity index (χ0) is 17.4. The van der Waals surface area contributed by atoms with Crippen LogP contribution in [0.1, 0.15) is 5.56 Å². The molecule has 8 nitrogen and oxygen atoms in total. The number of aromatic amines is 2. The largest absolute Gasteiger partial charge is 0.497 e. The predicted molar refractivity (Wildman–Crippen MR) is 94.5 cm³/mol. The molecule has 4 rings (SSSR count). The minimum absolute atomic E-state index is 0.273. The maximum Gasteiger partial charge on any atom is 0.350 e. The van der Waals surface area contributed by atoms with E-state index in [1.54, 1.807) is 49.8 Å². The van der Waals surface area contributed by atoms with Crippen LogP contribution in [0.3, 0.4) is 0 Å². The molecule has 0 radical (unpaired) electrons. The monoisotopic (exact) mass is 335 g/mol. The third-order valence-electron chi connectivity index (χ3n) is 3.86. The summed E-state index contributed by atoms with van der Waals surface area (Å²) in [5, 5.41) is 4.72. The van der Waals surface area contributed by atoms with Crippen LogP contribution in [0.2, 0.25) is 0 Å². The average Bonchev–Trinajstić information content (AvgIpc) is 3.00.